The number of aliphatic hydroxyl groups excluding tert-OH is 1. The van der Waals surface area contributed by atoms with Crippen LogP contribution in [0.3, 0.4) is 0 Å². The molecule has 0 atom stereocenters. The molecule has 0 aromatic heterocycles. The highest BCUT2D eigenvalue weighted by molar-refractivity contribution is 5.92. The Balaban J connectivity index is 2.37. The van der Waals surface area contributed by atoms with Crippen molar-refractivity contribution >= 4 is 17.6 Å². The minimum absolute atomic E-state index is 0.0856. The van der Waals surface area contributed by atoms with E-state index in [2.05, 4.69) is 5.32 Å². The summed E-state index contributed by atoms with van der Waals surface area (Å²) in [6.07, 6.45) is 0.788. The Bertz CT molecular complexity index is 414. The monoisotopic (exact) mass is 265 g/mol. The Morgan fingerprint density at radius 2 is 1.89 bits per heavy atom. The molecule has 0 bridgehead atoms. The zero-order valence-electron chi connectivity index (χ0n) is 11.0. The lowest BCUT2D eigenvalue weighted by Crippen LogP contribution is -2.14. The van der Waals surface area contributed by atoms with E-state index in [4.69, 9.17) is 9.84 Å². The molecule has 0 heterocycles. The molecule has 1 amide bonds. The highest BCUT2D eigenvalue weighted by Crippen LogP contribution is 2.10. The van der Waals surface area contributed by atoms with Crippen molar-refractivity contribution in [1.29, 1.82) is 0 Å². The molecule has 1 aromatic carbocycles. The van der Waals surface area contributed by atoms with E-state index in [0.717, 1.165) is 5.56 Å². The van der Waals surface area contributed by atoms with Crippen LogP contribution >= 0.6 is 0 Å². The van der Waals surface area contributed by atoms with E-state index in [1.807, 2.05) is 12.1 Å². The number of esters is 1. The smallest absolute Gasteiger partial charge is 0.306 e. The lowest BCUT2D eigenvalue weighted by Gasteiger charge is -2.06. The maximum Gasteiger partial charge on any atom is 0.306 e. The van der Waals surface area contributed by atoms with Crippen molar-refractivity contribution in [2.75, 3.05) is 18.5 Å². The first kappa shape index (κ1) is 15.2. The summed E-state index contributed by atoms with van der Waals surface area (Å²) in [6.45, 7) is 2.16. The molecule has 2 N–H and O–H groups in total. The molecule has 0 radical (unpaired) electrons. The van der Waals surface area contributed by atoms with Crippen molar-refractivity contribution in [1.82, 2.24) is 0 Å². The van der Waals surface area contributed by atoms with Crippen LogP contribution in [-0.4, -0.2) is 30.2 Å². The number of hydrogen-bond donors (Lipinski definition) is 2. The first-order chi connectivity index (χ1) is 9.15. The van der Waals surface area contributed by atoms with Gasteiger partial charge in [-0.2, -0.15) is 0 Å². The van der Waals surface area contributed by atoms with Gasteiger partial charge in [-0.15, -0.1) is 0 Å². The Kier molecular flexibility index (Phi) is 6.60. The van der Waals surface area contributed by atoms with Gasteiger partial charge in [-0.3, -0.25) is 9.59 Å². The average molecular weight is 265 g/mol. The molecule has 5 nitrogen and oxygen atoms in total. The van der Waals surface area contributed by atoms with E-state index < -0.39 is 0 Å². The third-order valence-corrected chi connectivity index (χ3v) is 2.50. The van der Waals surface area contributed by atoms with Crippen LogP contribution < -0.4 is 5.32 Å². The summed E-state index contributed by atoms with van der Waals surface area (Å²) in [5.74, 6) is -0.584. The van der Waals surface area contributed by atoms with Gasteiger partial charge in [0.15, 0.2) is 0 Å². The van der Waals surface area contributed by atoms with Crippen molar-refractivity contribution in [2.24, 2.45) is 0 Å². The van der Waals surface area contributed by atoms with Gasteiger partial charge in [0.05, 0.1) is 13.0 Å². The lowest BCUT2D eigenvalue weighted by atomic mass is 10.1. The number of anilines is 1. The molecule has 19 heavy (non-hydrogen) atoms. The summed E-state index contributed by atoms with van der Waals surface area (Å²) in [4.78, 5) is 22.7. The maximum absolute atomic E-state index is 11.6. The summed E-state index contributed by atoms with van der Waals surface area (Å²) in [5.41, 5.74) is 1.68. The number of ether oxygens (including phenoxy) is 1. The Hall–Kier alpha value is -1.88. The predicted octanol–water partition coefficient (Wildman–Crippen LogP) is 1.50. The van der Waals surface area contributed by atoms with Crippen LogP contribution in [-0.2, 0) is 20.7 Å². The number of amides is 1. The second-order valence-corrected chi connectivity index (χ2v) is 4.02. The van der Waals surface area contributed by atoms with Crippen LogP contribution in [0.15, 0.2) is 24.3 Å². The molecule has 0 spiro atoms. The summed E-state index contributed by atoms with van der Waals surface area (Å²) in [7, 11) is 0. The molecule has 104 valence electrons. The fraction of sp³-hybridized carbons (Fsp3) is 0.429. The quantitative estimate of drug-likeness (QED) is 0.733. The summed E-state index contributed by atoms with van der Waals surface area (Å²) in [5, 5.41) is 11.5. The zero-order chi connectivity index (χ0) is 14.1. The van der Waals surface area contributed by atoms with Gasteiger partial charge < -0.3 is 15.2 Å². The Labute approximate surface area is 112 Å². The van der Waals surface area contributed by atoms with Gasteiger partial charge in [0.2, 0.25) is 5.91 Å². The van der Waals surface area contributed by atoms with E-state index in [1.54, 1.807) is 19.1 Å². The second-order valence-electron chi connectivity index (χ2n) is 4.02. The lowest BCUT2D eigenvalue weighted by molar-refractivity contribution is -0.144. The van der Waals surface area contributed by atoms with E-state index >= 15 is 0 Å². The van der Waals surface area contributed by atoms with E-state index in [0.29, 0.717) is 18.7 Å². The molecule has 0 unspecified atom stereocenters. The molecule has 0 aliphatic carbocycles. The van der Waals surface area contributed by atoms with Crippen LogP contribution in [0, 0.1) is 0 Å². The van der Waals surface area contributed by atoms with Crippen LogP contribution in [0.5, 0.6) is 0 Å². The molecule has 1 aromatic rings. The number of aliphatic hydroxyl groups is 1. The number of carbonyl (C=O) groups is 2. The molecule has 5 heteroatoms. The van der Waals surface area contributed by atoms with Crippen molar-refractivity contribution < 1.29 is 19.4 Å². The van der Waals surface area contributed by atoms with Gasteiger partial charge in [-0.05, 0) is 31.0 Å². The van der Waals surface area contributed by atoms with Gasteiger partial charge in [0, 0.05) is 18.7 Å². The van der Waals surface area contributed by atoms with Gasteiger partial charge in [-0.1, -0.05) is 12.1 Å². The van der Waals surface area contributed by atoms with Gasteiger partial charge in [0.25, 0.3) is 0 Å². The maximum atomic E-state index is 11.6. The van der Waals surface area contributed by atoms with Crippen molar-refractivity contribution in [2.45, 2.75) is 26.2 Å². The van der Waals surface area contributed by atoms with Gasteiger partial charge in [0.1, 0.15) is 0 Å². The van der Waals surface area contributed by atoms with E-state index in [-0.39, 0.29) is 31.3 Å². The molecular formula is C14H19NO4. The number of nitrogens with one attached hydrogen (secondary N) is 1. The largest absolute Gasteiger partial charge is 0.466 e. The van der Waals surface area contributed by atoms with Crippen molar-refractivity contribution in [3.8, 4) is 0 Å². The molecule has 0 aliphatic heterocycles. The minimum Gasteiger partial charge on any atom is -0.466 e. The van der Waals surface area contributed by atoms with Gasteiger partial charge in [-0.25, -0.2) is 0 Å². The minimum atomic E-state index is -0.365. The SMILES string of the molecule is CCOC(=O)CCC(=O)Nc1ccc(CCO)cc1. The highest BCUT2D eigenvalue weighted by atomic mass is 16.5. The standard InChI is InChI=1S/C14H19NO4/c1-2-19-14(18)8-7-13(17)15-12-5-3-11(4-6-12)9-10-16/h3-6,16H,2,7-10H2,1H3,(H,15,17). The molecule has 1 rings (SSSR count). The molecule has 0 saturated heterocycles. The number of hydrogen-bond acceptors (Lipinski definition) is 4. The Morgan fingerprint density at radius 3 is 2.47 bits per heavy atom. The number of benzene rings is 1. The molecular weight excluding hydrogens is 246 g/mol. The first-order valence-electron chi connectivity index (χ1n) is 6.31. The summed E-state index contributed by atoms with van der Waals surface area (Å²) < 4.78 is 4.74. The fourth-order valence-corrected chi connectivity index (χ4v) is 1.56. The zero-order valence-corrected chi connectivity index (χ0v) is 11.0. The third-order valence-electron chi connectivity index (χ3n) is 2.50. The van der Waals surface area contributed by atoms with Crippen LogP contribution in [0.2, 0.25) is 0 Å². The highest BCUT2D eigenvalue weighted by Gasteiger charge is 2.07. The topological polar surface area (TPSA) is 75.6 Å². The summed E-state index contributed by atoms with van der Waals surface area (Å²) >= 11 is 0. The summed E-state index contributed by atoms with van der Waals surface area (Å²) in [6, 6.07) is 7.23. The molecule has 0 fully saturated rings. The number of rotatable bonds is 7. The van der Waals surface area contributed by atoms with Crippen LogP contribution in [0.4, 0.5) is 5.69 Å². The molecule has 0 saturated carbocycles. The first-order valence-corrected chi connectivity index (χ1v) is 6.31. The second kappa shape index (κ2) is 8.26. The normalized spacial score (nSPS) is 10.0. The number of carbonyl (C=O) groups excluding carboxylic acids is 2. The fourth-order valence-electron chi connectivity index (χ4n) is 1.56. The van der Waals surface area contributed by atoms with E-state index in [9.17, 15) is 9.59 Å². The average Bonchev–Trinajstić information content (AvgIpc) is 2.39. The third kappa shape index (κ3) is 6.01. The van der Waals surface area contributed by atoms with Crippen molar-refractivity contribution in [3.63, 3.8) is 0 Å². The van der Waals surface area contributed by atoms with Gasteiger partial charge >= 0.3 is 5.97 Å². The Morgan fingerprint density at radius 1 is 1.21 bits per heavy atom. The van der Waals surface area contributed by atoms with Crippen molar-refractivity contribution in [3.05, 3.63) is 29.8 Å². The van der Waals surface area contributed by atoms with Crippen LogP contribution in [0.25, 0.3) is 0 Å². The predicted molar refractivity (Wildman–Crippen MR) is 71.7 cm³/mol. The van der Waals surface area contributed by atoms with E-state index in [1.165, 1.54) is 0 Å². The van der Waals surface area contributed by atoms with Crippen LogP contribution in [0.1, 0.15) is 25.3 Å². The molecule has 0 aliphatic rings.